The summed E-state index contributed by atoms with van der Waals surface area (Å²) in [6.07, 6.45) is 0.129. The molecule has 0 aromatic heterocycles. The predicted molar refractivity (Wildman–Crippen MR) is 46.2 cm³/mol. The molecule has 1 fully saturated rings. The fourth-order valence-corrected chi connectivity index (χ4v) is 2.03. The van der Waals surface area contributed by atoms with Crippen LogP contribution in [0.1, 0.15) is 33.1 Å². The van der Waals surface area contributed by atoms with Crippen molar-refractivity contribution in [2.24, 2.45) is 17.8 Å². The smallest absolute Gasteiger partial charge is 0.207 e. The van der Waals surface area contributed by atoms with Crippen molar-refractivity contribution in [1.29, 1.82) is 5.26 Å². The van der Waals surface area contributed by atoms with Gasteiger partial charge in [-0.15, -0.1) is 0 Å². The SMILES string of the molecule is CC(C)C1CC(F)(F)CCC1C#N. The highest BCUT2D eigenvalue weighted by Crippen LogP contribution is 2.42. The Labute approximate surface area is 77.7 Å². The molecule has 1 nitrogen and oxygen atoms in total. The first-order valence-corrected chi connectivity index (χ1v) is 4.74. The van der Waals surface area contributed by atoms with Crippen LogP contribution in [0, 0.1) is 29.1 Å². The maximum atomic E-state index is 13.0. The van der Waals surface area contributed by atoms with Crippen LogP contribution < -0.4 is 0 Å². The van der Waals surface area contributed by atoms with Gasteiger partial charge in [-0.2, -0.15) is 5.26 Å². The minimum Gasteiger partial charge on any atom is -0.207 e. The van der Waals surface area contributed by atoms with Crippen molar-refractivity contribution in [3.8, 4) is 6.07 Å². The second kappa shape index (κ2) is 3.61. The van der Waals surface area contributed by atoms with Crippen LogP contribution in [0.4, 0.5) is 8.78 Å². The Morgan fingerprint density at radius 3 is 2.54 bits per heavy atom. The summed E-state index contributed by atoms with van der Waals surface area (Å²) in [5.41, 5.74) is 0. The average Bonchev–Trinajstić information content (AvgIpc) is 2.03. The normalized spacial score (nSPS) is 32.9. The van der Waals surface area contributed by atoms with Crippen molar-refractivity contribution in [1.82, 2.24) is 0 Å². The number of hydrogen-bond acceptors (Lipinski definition) is 1. The van der Waals surface area contributed by atoms with Gasteiger partial charge in [0.2, 0.25) is 5.92 Å². The summed E-state index contributed by atoms with van der Waals surface area (Å²) in [4.78, 5) is 0. The summed E-state index contributed by atoms with van der Waals surface area (Å²) in [5.74, 6) is -2.66. The summed E-state index contributed by atoms with van der Waals surface area (Å²) in [7, 11) is 0. The van der Waals surface area contributed by atoms with E-state index in [4.69, 9.17) is 5.26 Å². The molecule has 0 aliphatic heterocycles. The molecule has 0 N–H and O–H groups in total. The van der Waals surface area contributed by atoms with Gasteiger partial charge >= 0.3 is 0 Å². The van der Waals surface area contributed by atoms with E-state index in [-0.39, 0.29) is 30.6 Å². The molecule has 0 heterocycles. The van der Waals surface area contributed by atoms with Crippen LogP contribution in [0.25, 0.3) is 0 Å². The molecule has 1 aliphatic rings. The summed E-state index contributed by atoms with van der Waals surface area (Å²) in [6.45, 7) is 3.83. The lowest BCUT2D eigenvalue weighted by Gasteiger charge is -2.34. The van der Waals surface area contributed by atoms with Gasteiger partial charge in [0.05, 0.1) is 6.07 Å². The Balaban J connectivity index is 2.70. The first kappa shape index (κ1) is 10.4. The number of nitrogens with zero attached hydrogens (tertiary/aromatic N) is 1. The van der Waals surface area contributed by atoms with E-state index in [0.717, 1.165) is 0 Å². The van der Waals surface area contributed by atoms with Gasteiger partial charge < -0.3 is 0 Å². The van der Waals surface area contributed by atoms with Crippen LogP contribution in [-0.2, 0) is 0 Å². The summed E-state index contributed by atoms with van der Waals surface area (Å²) in [6, 6.07) is 2.14. The molecule has 3 heteroatoms. The Morgan fingerprint density at radius 1 is 1.46 bits per heavy atom. The van der Waals surface area contributed by atoms with Crippen LogP contribution in [-0.4, -0.2) is 5.92 Å². The molecule has 1 saturated carbocycles. The van der Waals surface area contributed by atoms with E-state index < -0.39 is 5.92 Å². The highest BCUT2D eigenvalue weighted by molar-refractivity contribution is 4.96. The quantitative estimate of drug-likeness (QED) is 0.618. The van der Waals surface area contributed by atoms with Crippen molar-refractivity contribution in [2.75, 3.05) is 0 Å². The molecular weight excluding hydrogens is 172 g/mol. The lowest BCUT2D eigenvalue weighted by Crippen LogP contribution is -2.34. The fraction of sp³-hybridized carbons (Fsp3) is 0.900. The Bertz CT molecular complexity index is 217. The third-order valence-corrected chi connectivity index (χ3v) is 2.89. The molecule has 0 amide bonds. The Kier molecular flexibility index (Phi) is 2.90. The zero-order chi connectivity index (χ0) is 10.1. The van der Waals surface area contributed by atoms with Crippen molar-refractivity contribution < 1.29 is 8.78 Å². The van der Waals surface area contributed by atoms with Crippen LogP contribution in [0.2, 0.25) is 0 Å². The van der Waals surface area contributed by atoms with Crippen LogP contribution in [0.3, 0.4) is 0 Å². The topological polar surface area (TPSA) is 23.8 Å². The lowest BCUT2D eigenvalue weighted by atomic mass is 9.73. The minimum atomic E-state index is -2.54. The monoisotopic (exact) mass is 187 g/mol. The van der Waals surface area contributed by atoms with Gasteiger partial charge in [-0.1, -0.05) is 13.8 Å². The summed E-state index contributed by atoms with van der Waals surface area (Å²) < 4.78 is 26.0. The molecular formula is C10H15F2N. The molecule has 74 valence electrons. The van der Waals surface area contributed by atoms with Crippen molar-refractivity contribution >= 4 is 0 Å². The van der Waals surface area contributed by atoms with Gasteiger partial charge in [0.15, 0.2) is 0 Å². The van der Waals surface area contributed by atoms with E-state index in [1.807, 2.05) is 13.8 Å². The highest BCUT2D eigenvalue weighted by Gasteiger charge is 2.42. The number of hydrogen-bond donors (Lipinski definition) is 0. The number of rotatable bonds is 1. The predicted octanol–water partition coefficient (Wildman–Crippen LogP) is 3.22. The van der Waals surface area contributed by atoms with Gasteiger partial charge in [-0.3, -0.25) is 0 Å². The van der Waals surface area contributed by atoms with Crippen molar-refractivity contribution in [3.05, 3.63) is 0 Å². The molecule has 1 aliphatic carbocycles. The molecule has 1 rings (SSSR count). The summed E-state index contributed by atoms with van der Waals surface area (Å²) >= 11 is 0. The standard InChI is InChI=1S/C10H15F2N/c1-7(2)9-5-10(11,12)4-3-8(9)6-13/h7-9H,3-5H2,1-2H3. The Morgan fingerprint density at radius 2 is 2.08 bits per heavy atom. The maximum Gasteiger partial charge on any atom is 0.248 e. The van der Waals surface area contributed by atoms with E-state index in [1.165, 1.54) is 0 Å². The van der Waals surface area contributed by atoms with Crippen molar-refractivity contribution in [2.45, 2.75) is 39.0 Å². The molecule has 0 aromatic carbocycles. The fourth-order valence-electron chi connectivity index (χ4n) is 2.03. The maximum absolute atomic E-state index is 13.0. The molecule has 0 aromatic rings. The molecule has 0 radical (unpaired) electrons. The largest absolute Gasteiger partial charge is 0.248 e. The third-order valence-electron chi connectivity index (χ3n) is 2.89. The van der Waals surface area contributed by atoms with Crippen LogP contribution in [0.5, 0.6) is 0 Å². The number of halogens is 2. The zero-order valence-corrected chi connectivity index (χ0v) is 8.06. The molecule has 0 bridgehead atoms. The van der Waals surface area contributed by atoms with Crippen LogP contribution >= 0.6 is 0 Å². The number of nitriles is 1. The molecule has 2 atom stereocenters. The lowest BCUT2D eigenvalue weighted by molar-refractivity contribution is -0.0702. The van der Waals surface area contributed by atoms with Crippen molar-refractivity contribution in [3.63, 3.8) is 0 Å². The van der Waals surface area contributed by atoms with Gasteiger partial charge in [-0.05, 0) is 18.3 Å². The van der Waals surface area contributed by atoms with Gasteiger partial charge in [-0.25, -0.2) is 8.78 Å². The van der Waals surface area contributed by atoms with E-state index in [0.29, 0.717) is 6.42 Å². The molecule has 2 unspecified atom stereocenters. The minimum absolute atomic E-state index is 0.108. The second-order valence-electron chi connectivity index (χ2n) is 4.24. The van der Waals surface area contributed by atoms with E-state index in [2.05, 4.69) is 6.07 Å². The van der Waals surface area contributed by atoms with E-state index in [9.17, 15) is 8.78 Å². The van der Waals surface area contributed by atoms with Gasteiger partial charge in [0.25, 0.3) is 0 Å². The van der Waals surface area contributed by atoms with E-state index >= 15 is 0 Å². The first-order valence-electron chi connectivity index (χ1n) is 4.74. The van der Waals surface area contributed by atoms with Crippen LogP contribution in [0.15, 0.2) is 0 Å². The Hall–Kier alpha value is -0.650. The molecule has 0 saturated heterocycles. The molecule has 13 heavy (non-hydrogen) atoms. The zero-order valence-electron chi connectivity index (χ0n) is 8.06. The third kappa shape index (κ3) is 2.40. The highest BCUT2D eigenvalue weighted by atomic mass is 19.3. The van der Waals surface area contributed by atoms with E-state index in [1.54, 1.807) is 0 Å². The van der Waals surface area contributed by atoms with Gasteiger partial charge in [0, 0.05) is 18.8 Å². The average molecular weight is 187 g/mol. The second-order valence-corrected chi connectivity index (χ2v) is 4.24. The van der Waals surface area contributed by atoms with Gasteiger partial charge in [0.1, 0.15) is 0 Å². The molecule has 0 spiro atoms. The number of alkyl halides is 2. The summed E-state index contributed by atoms with van der Waals surface area (Å²) in [5, 5.41) is 8.79. The first-order chi connectivity index (χ1) is 5.96.